The molecule has 0 saturated carbocycles. The number of nitrogens with zero attached hydrogens (tertiary/aromatic N) is 1. The Bertz CT molecular complexity index is 250. The summed E-state index contributed by atoms with van der Waals surface area (Å²) in [6.07, 6.45) is 2.54. The average molecular weight is 244 g/mol. The van der Waals surface area contributed by atoms with Crippen LogP contribution in [-0.4, -0.2) is 60.9 Å². The third-order valence-electron chi connectivity index (χ3n) is 3.30. The zero-order valence-corrected chi connectivity index (χ0v) is 11.0. The molecule has 0 aromatic carbocycles. The number of nitrogens with one attached hydrogen (secondary N) is 1. The van der Waals surface area contributed by atoms with Crippen molar-refractivity contribution < 1.29 is 14.6 Å². The second-order valence-corrected chi connectivity index (χ2v) is 4.99. The molecule has 0 radical (unpaired) electrons. The van der Waals surface area contributed by atoms with Crippen molar-refractivity contribution in [3.63, 3.8) is 0 Å². The molecular weight excluding hydrogens is 220 g/mol. The number of rotatable bonds is 6. The summed E-state index contributed by atoms with van der Waals surface area (Å²) in [7, 11) is 1.28. The highest BCUT2D eigenvalue weighted by Gasteiger charge is 2.31. The van der Waals surface area contributed by atoms with Crippen LogP contribution < -0.4 is 5.32 Å². The number of hydrogen-bond donors (Lipinski definition) is 2. The van der Waals surface area contributed by atoms with Gasteiger partial charge < -0.3 is 15.2 Å². The van der Waals surface area contributed by atoms with Crippen molar-refractivity contribution in [2.24, 2.45) is 0 Å². The predicted molar refractivity (Wildman–Crippen MR) is 65.8 cm³/mol. The number of carbonyl (C=O) groups excluding carboxylic acids is 1. The fourth-order valence-electron chi connectivity index (χ4n) is 2.13. The molecule has 1 heterocycles. The van der Waals surface area contributed by atoms with Gasteiger partial charge in [-0.25, -0.2) is 4.79 Å². The number of aliphatic hydroxyl groups is 1. The van der Waals surface area contributed by atoms with E-state index < -0.39 is 11.6 Å². The molecule has 1 saturated heterocycles. The van der Waals surface area contributed by atoms with Crippen molar-refractivity contribution in [1.82, 2.24) is 10.2 Å². The lowest BCUT2D eigenvalue weighted by Crippen LogP contribution is -2.48. The van der Waals surface area contributed by atoms with Crippen LogP contribution in [0, 0.1) is 0 Å². The van der Waals surface area contributed by atoms with Crippen molar-refractivity contribution in [3.8, 4) is 0 Å². The van der Waals surface area contributed by atoms with E-state index in [4.69, 9.17) is 0 Å². The van der Waals surface area contributed by atoms with Gasteiger partial charge in [0.05, 0.1) is 7.11 Å². The zero-order chi connectivity index (χ0) is 12.9. The fourth-order valence-corrected chi connectivity index (χ4v) is 2.13. The summed E-state index contributed by atoms with van der Waals surface area (Å²) in [5.41, 5.74) is -1.44. The zero-order valence-electron chi connectivity index (χ0n) is 11.0. The molecule has 2 unspecified atom stereocenters. The molecule has 0 bridgehead atoms. The number of methoxy groups -OCH3 is 1. The number of carbonyl (C=O) groups is 1. The number of likely N-dealkylation sites (tertiary alicyclic amines) is 1. The summed E-state index contributed by atoms with van der Waals surface area (Å²) in [5.74, 6) is -0.598. The quantitative estimate of drug-likeness (QED) is 0.643. The molecule has 0 aliphatic carbocycles. The Labute approximate surface area is 103 Å². The van der Waals surface area contributed by atoms with Gasteiger partial charge in [0.15, 0.2) is 5.60 Å². The van der Waals surface area contributed by atoms with Crippen molar-refractivity contribution in [3.05, 3.63) is 0 Å². The summed E-state index contributed by atoms with van der Waals surface area (Å²) in [4.78, 5) is 13.7. The van der Waals surface area contributed by atoms with Crippen LogP contribution in [0.4, 0.5) is 0 Å². The summed E-state index contributed by atoms with van der Waals surface area (Å²) in [6, 6.07) is 0.436. The van der Waals surface area contributed by atoms with Crippen molar-refractivity contribution in [1.29, 1.82) is 0 Å². The molecule has 100 valence electrons. The third-order valence-corrected chi connectivity index (χ3v) is 3.30. The van der Waals surface area contributed by atoms with Crippen LogP contribution >= 0.6 is 0 Å². The maximum atomic E-state index is 11.2. The Balaban J connectivity index is 2.24. The van der Waals surface area contributed by atoms with E-state index in [1.165, 1.54) is 26.9 Å². The molecule has 0 spiro atoms. The standard InChI is InChI=1S/C12H24N2O3/c1-10(14-6-4-5-7-14)8-13-9-12(2,16)11(15)17-3/h10,13,16H,4-9H2,1-3H3. The van der Waals surface area contributed by atoms with Crippen LogP contribution in [0.25, 0.3) is 0 Å². The average Bonchev–Trinajstić information content (AvgIpc) is 2.80. The molecule has 1 fully saturated rings. The monoisotopic (exact) mass is 244 g/mol. The predicted octanol–water partition coefficient (Wildman–Crippen LogP) is -0.0157. The first kappa shape index (κ1) is 14.4. The van der Waals surface area contributed by atoms with Gasteiger partial charge in [-0.05, 0) is 39.8 Å². The summed E-state index contributed by atoms with van der Waals surface area (Å²) in [6.45, 7) is 6.91. The van der Waals surface area contributed by atoms with E-state index >= 15 is 0 Å². The molecule has 1 aliphatic heterocycles. The normalized spacial score (nSPS) is 22.1. The molecule has 5 nitrogen and oxygen atoms in total. The Morgan fingerprint density at radius 3 is 2.65 bits per heavy atom. The van der Waals surface area contributed by atoms with Gasteiger partial charge >= 0.3 is 5.97 Å². The number of esters is 1. The fraction of sp³-hybridized carbons (Fsp3) is 0.917. The molecule has 5 heteroatoms. The van der Waals surface area contributed by atoms with E-state index in [0.717, 1.165) is 19.6 Å². The van der Waals surface area contributed by atoms with Gasteiger partial charge in [-0.15, -0.1) is 0 Å². The highest BCUT2D eigenvalue weighted by atomic mass is 16.5. The molecule has 0 amide bonds. The van der Waals surface area contributed by atoms with Crippen LogP contribution in [0.15, 0.2) is 0 Å². The second-order valence-electron chi connectivity index (χ2n) is 4.99. The van der Waals surface area contributed by atoms with Crippen LogP contribution in [0.3, 0.4) is 0 Å². The maximum absolute atomic E-state index is 11.2. The van der Waals surface area contributed by atoms with Gasteiger partial charge in [-0.3, -0.25) is 4.90 Å². The first-order valence-electron chi connectivity index (χ1n) is 6.23. The highest BCUT2D eigenvalue weighted by Crippen LogP contribution is 2.11. The molecule has 2 N–H and O–H groups in total. The number of hydrogen-bond acceptors (Lipinski definition) is 5. The molecule has 0 aromatic rings. The smallest absolute Gasteiger partial charge is 0.338 e. The molecule has 0 aromatic heterocycles. The van der Waals surface area contributed by atoms with Crippen LogP contribution in [0.2, 0.25) is 0 Å². The minimum atomic E-state index is -1.44. The van der Waals surface area contributed by atoms with Gasteiger partial charge in [-0.2, -0.15) is 0 Å². The van der Waals surface area contributed by atoms with Crippen molar-refractivity contribution >= 4 is 5.97 Å². The van der Waals surface area contributed by atoms with Crippen molar-refractivity contribution in [2.75, 3.05) is 33.3 Å². The Morgan fingerprint density at radius 2 is 2.12 bits per heavy atom. The Morgan fingerprint density at radius 1 is 1.53 bits per heavy atom. The Kier molecular flexibility index (Phi) is 5.36. The lowest BCUT2D eigenvalue weighted by Gasteiger charge is -2.26. The first-order valence-corrected chi connectivity index (χ1v) is 6.23. The lowest BCUT2D eigenvalue weighted by atomic mass is 10.1. The Hall–Kier alpha value is -0.650. The minimum Gasteiger partial charge on any atom is -0.467 e. The van der Waals surface area contributed by atoms with E-state index in [2.05, 4.69) is 21.9 Å². The van der Waals surface area contributed by atoms with Crippen LogP contribution in [-0.2, 0) is 9.53 Å². The molecule has 1 aliphatic rings. The van der Waals surface area contributed by atoms with Crippen LogP contribution in [0.1, 0.15) is 26.7 Å². The van der Waals surface area contributed by atoms with Gasteiger partial charge in [0.1, 0.15) is 0 Å². The van der Waals surface area contributed by atoms with E-state index in [-0.39, 0.29) is 6.54 Å². The van der Waals surface area contributed by atoms with Gasteiger partial charge in [-0.1, -0.05) is 0 Å². The molecule has 17 heavy (non-hydrogen) atoms. The van der Waals surface area contributed by atoms with E-state index in [1.807, 2.05) is 0 Å². The summed E-state index contributed by atoms with van der Waals surface area (Å²) in [5, 5.41) is 12.9. The molecule has 2 atom stereocenters. The maximum Gasteiger partial charge on any atom is 0.338 e. The highest BCUT2D eigenvalue weighted by molar-refractivity contribution is 5.78. The van der Waals surface area contributed by atoms with Gasteiger partial charge in [0.25, 0.3) is 0 Å². The topological polar surface area (TPSA) is 61.8 Å². The molecular formula is C12H24N2O3. The minimum absolute atomic E-state index is 0.220. The lowest BCUT2D eigenvalue weighted by molar-refractivity contribution is -0.159. The van der Waals surface area contributed by atoms with E-state index in [9.17, 15) is 9.90 Å². The SMILES string of the molecule is COC(=O)C(C)(O)CNCC(C)N1CCCC1. The second kappa shape index (κ2) is 6.33. The largest absolute Gasteiger partial charge is 0.467 e. The summed E-state index contributed by atoms with van der Waals surface area (Å²) >= 11 is 0. The summed E-state index contributed by atoms with van der Waals surface area (Å²) < 4.78 is 4.53. The van der Waals surface area contributed by atoms with E-state index in [1.54, 1.807) is 0 Å². The van der Waals surface area contributed by atoms with Crippen LogP contribution in [0.5, 0.6) is 0 Å². The number of ether oxygens (including phenoxy) is 1. The van der Waals surface area contributed by atoms with Gasteiger partial charge in [0.2, 0.25) is 0 Å². The van der Waals surface area contributed by atoms with Gasteiger partial charge in [0, 0.05) is 19.1 Å². The van der Waals surface area contributed by atoms with E-state index in [0.29, 0.717) is 6.04 Å². The third kappa shape index (κ3) is 4.26. The molecule has 1 rings (SSSR count). The van der Waals surface area contributed by atoms with Crippen molar-refractivity contribution in [2.45, 2.75) is 38.3 Å². The first-order chi connectivity index (χ1) is 7.97.